The molecule has 0 saturated carbocycles. The minimum Gasteiger partial charge on any atom is -0.480 e. The fourth-order valence-corrected chi connectivity index (χ4v) is 4.31. The zero-order valence-corrected chi connectivity index (χ0v) is 20.1. The van der Waals surface area contributed by atoms with Crippen LogP contribution in [-0.2, 0) is 4.79 Å². The van der Waals surface area contributed by atoms with Crippen molar-refractivity contribution in [3.63, 3.8) is 0 Å². The van der Waals surface area contributed by atoms with E-state index in [0.717, 1.165) is 16.9 Å². The number of likely N-dealkylation sites (tertiary alicyclic amines) is 1. The van der Waals surface area contributed by atoms with Crippen LogP contribution in [0.2, 0.25) is 0 Å². The number of benzene rings is 2. The molecule has 0 radical (unpaired) electrons. The number of anilines is 2. The van der Waals surface area contributed by atoms with Crippen LogP contribution in [-0.4, -0.2) is 56.8 Å². The molecule has 2 aromatic carbocycles. The predicted molar refractivity (Wildman–Crippen MR) is 130 cm³/mol. The number of nitrogens with one attached hydrogen (secondary N) is 1. The Hall–Kier alpha value is -4.45. The summed E-state index contributed by atoms with van der Waals surface area (Å²) in [7, 11) is 1.74. The van der Waals surface area contributed by atoms with Gasteiger partial charge in [0.15, 0.2) is 16.9 Å². The number of carbonyl (C=O) groups excluding carboxylic acids is 1. The number of hydrogen-bond donors (Lipinski definition) is 2. The second-order valence-corrected chi connectivity index (χ2v) is 8.93. The number of ether oxygens (including phenoxy) is 2. The monoisotopic (exact) mass is 507 g/mol. The van der Waals surface area contributed by atoms with Crippen molar-refractivity contribution in [1.29, 1.82) is 0 Å². The summed E-state index contributed by atoms with van der Waals surface area (Å²) in [5.74, 6) is 1.12. The number of carbonyl (C=O) groups is 2. The normalized spacial score (nSPS) is 15.2. The molecule has 0 bridgehead atoms. The molecule has 3 heterocycles. The van der Waals surface area contributed by atoms with Crippen molar-refractivity contribution in [3.8, 4) is 28.7 Å². The van der Waals surface area contributed by atoms with E-state index in [2.05, 4.69) is 20.5 Å². The first-order valence-corrected chi connectivity index (χ1v) is 11.8. The lowest BCUT2D eigenvalue weighted by atomic mass is 10.2. The molecule has 184 valence electrons. The number of nitrogens with zero attached hydrogens (tertiary/aromatic N) is 4. The molecule has 1 unspecified atom stereocenters. The maximum absolute atomic E-state index is 12.4. The maximum Gasteiger partial charge on any atom is 0.355 e. The molecule has 1 fully saturated rings. The highest BCUT2D eigenvalue weighted by atomic mass is 32.1. The summed E-state index contributed by atoms with van der Waals surface area (Å²) in [6, 6.07) is 12.3. The first kappa shape index (κ1) is 23.3. The average molecular weight is 508 g/mol. The van der Waals surface area contributed by atoms with Crippen LogP contribution >= 0.6 is 11.3 Å². The van der Waals surface area contributed by atoms with E-state index < -0.39 is 12.1 Å². The van der Waals surface area contributed by atoms with E-state index in [4.69, 9.17) is 19.0 Å². The molecular formula is C24H21N5O6S. The van der Waals surface area contributed by atoms with Crippen LogP contribution in [0.25, 0.3) is 11.5 Å². The van der Waals surface area contributed by atoms with Crippen LogP contribution in [0, 0.1) is 6.92 Å². The lowest BCUT2D eigenvalue weighted by Crippen LogP contribution is -2.29. The van der Waals surface area contributed by atoms with Gasteiger partial charge in [-0.15, -0.1) is 21.5 Å². The topological polar surface area (TPSA) is 140 Å². The number of hydrogen-bond acceptors (Lipinski definition) is 10. The van der Waals surface area contributed by atoms with Gasteiger partial charge in [-0.25, -0.2) is 9.78 Å². The Bertz CT molecular complexity index is 1420. The predicted octanol–water partition coefficient (Wildman–Crippen LogP) is 4.35. The molecule has 1 aliphatic rings. The summed E-state index contributed by atoms with van der Waals surface area (Å²) < 4.78 is 17.5. The van der Waals surface area contributed by atoms with Gasteiger partial charge in [0.25, 0.3) is 5.91 Å². The highest BCUT2D eigenvalue weighted by molar-refractivity contribution is 7.14. The molecule has 4 aromatic rings. The smallest absolute Gasteiger partial charge is 0.355 e. The summed E-state index contributed by atoms with van der Waals surface area (Å²) in [5, 5.41) is 21.9. The van der Waals surface area contributed by atoms with Gasteiger partial charge >= 0.3 is 5.97 Å². The zero-order chi connectivity index (χ0) is 25.2. The van der Waals surface area contributed by atoms with Gasteiger partial charge in [0.2, 0.25) is 11.8 Å². The van der Waals surface area contributed by atoms with Gasteiger partial charge in [-0.1, -0.05) is 0 Å². The molecule has 1 aliphatic heterocycles. The van der Waals surface area contributed by atoms with Crippen LogP contribution in [0.3, 0.4) is 0 Å². The molecule has 0 spiro atoms. The molecule has 1 amide bonds. The third-order valence-electron chi connectivity index (χ3n) is 5.37. The molecular weight excluding hydrogens is 486 g/mol. The second kappa shape index (κ2) is 9.66. The summed E-state index contributed by atoms with van der Waals surface area (Å²) in [5.41, 5.74) is 1.26. The van der Waals surface area contributed by atoms with Gasteiger partial charge in [-0.05, 0) is 24.3 Å². The Morgan fingerprint density at radius 3 is 2.58 bits per heavy atom. The third-order valence-corrected chi connectivity index (χ3v) is 6.13. The van der Waals surface area contributed by atoms with E-state index in [1.807, 2.05) is 0 Å². The SMILES string of the molecule is Cc1nnc(-c2ccc(Oc3cc(Nc4nc(C(=O)O)cs4)cc(OC4CCN(C)C4=O)c3)cc2)o1. The minimum absolute atomic E-state index is 0.0532. The first-order valence-electron chi connectivity index (χ1n) is 10.9. The van der Waals surface area contributed by atoms with Gasteiger partial charge in [-0.3, -0.25) is 4.79 Å². The Labute approximate surface area is 209 Å². The molecule has 0 aliphatic carbocycles. The van der Waals surface area contributed by atoms with E-state index in [-0.39, 0.29) is 11.6 Å². The maximum atomic E-state index is 12.4. The number of rotatable bonds is 8. The number of amides is 1. The van der Waals surface area contributed by atoms with Gasteiger partial charge in [0.05, 0.1) is 0 Å². The number of carboxylic acids is 1. The van der Waals surface area contributed by atoms with Gasteiger partial charge in [0, 0.05) is 61.8 Å². The number of aryl methyl sites for hydroxylation is 1. The molecule has 12 heteroatoms. The summed E-state index contributed by atoms with van der Waals surface area (Å²) in [6.45, 7) is 2.34. The lowest BCUT2D eigenvalue weighted by Gasteiger charge is -2.16. The fraction of sp³-hybridized carbons (Fsp3) is 0.208. The van der Waals surface area contributed by atoms with Crippen molar-refractivity contribution in [2.45, 2.75) is 19.4 Å². The number of thiazole rings is 1. The second-order valence-electron chi connectivity index (χ2n) is 8.07. The Kier molecular flexibility index (Phi) is 6.25. The summed E-state index contributed by atoms with van der Waals surface area (Å²) >= 11 is 1.16. The highest BCUT2D eigenvalue weighted by Crippen LogP contribution is 2.34. The quantitative estimate of drug-likeness (QED) is 0.354. The largest absolute Gasteiger partial charge is 0.480 e. The van der Waals surface area contributed by atoms with Gasteiger partial charge < -0.3 is 29.2 Å². The van der Waals surface area contributed by atoms with E-state index in [9.17, 15) is 9.59 Å². The number of carboxylic acid groups (broad SMARTS) is 1. The Morgan fingerprint density at radius 1 is 1.17 bits per heavy atom. The van der Waals surface area contributed by atoms with Crippen LogP contribution in [0.4, 0.5) is 10.8 Å². The van der Waals surface area contributed by atoms with Crippen molar-refractivity contribution in [3.05, 3.63) is 59.4 Å². The molecule has 5 rings (SSSR count). The number of aromatic nitrogens is 3. The van der Waals surface area contributed by atoms with Crippen molar-refractivity contribution >= 4 is 34.0 Å². The summed E-state index contributed by atoms with van der Waals surface area (Å²) in [4.78, 5) is 29.2. The first-order chi connectivity index (χ1) is 17.3. The van der Waals surface area contributed by atoms with E-state index >= 15 is 0 Å². The molecule has 1 atom stereocenters. The molecule has 1 saturated heterocycles. The Morgan fingerprint density at radius 2 is 1.94 bits per heavy atom. The van der Waals surface area contributed by atoms with Gasteiger partial charge in [0.1, 0.15) is 17.2 Å². The van der Waals surface area contributed by atoms with Crippen molar-refractivity contribution < 1.29 is 28.6 Å². The van der Waals surface area contributed by atoms with Crippen molar-refractivity contribution in [1.82, 2.24) is 20.1 Å². The van der Waals surface area contributed by atoms with Crippen molar-refractivity contribution in [2.75, 3.05) is 18.9 Å². The van der Waals surface area contributed by atoms with Crippen LogP contribution in [0.1, 0.15) is 22.8 Å². The summed E-state index contributed by atoms with van der Waals surface area (Å²) in [6.07, 6.45) is -0.0115. The van der Waals surface area contributed by atoms with Crippen LogP contribution < -0.4 is 14.8 Å². The molecule has 36 heavy (non-hydrogen) atoms. The Balaban J connectivity index is 1.40. The number of aromatic carboxylic acids is 1. The minimum atomic E-state index is -1.11. The number of likely N-dealkylation sites (N-methyl/N-ethyl adjacent to an activating group) is 1. The van der Waals surface area contributed by atoms with Crippen LogP contribution in [0.15, 0.2) is 52.3 Å². The van der Waals surface area contributed by atoms with Crippen LogP contribution in [0.5, 0.6) is 17.2 Å². The average Bonchev–Trinajstić information content (AvgIpc) is 3.57. The third kappa shape index (κ3) is 5.13. The lowest BCUT2D eigenvalue weighted by molar-refractivity contribution is -0.132. The van der Waals surface area contributed by atoms with Crippen molar-refractivity contribution in [2.24, 2.45) is 0 Å². The van der Waals surface area contributed by atoms with E-state index in [1.165, 1.54) is 5.38 Å². The standard InChI is InChI=1S/C24H21N5O6S/c1-13-27-28-21(33-13)14-3-5-16(6-4-14)34-17-9-15(25-24-26-19(12-36-24)23(31)32)10-18(11-17)35-20-7-8-29(2)22(20)30/h3-6,9-12,20H,7-8H2,1-2H3,(H,25,26)(H,31,32). The van der Waals surface area contributed by atoms with Gasteiger partial charge in [-0.2, -0.15) is 0 Å². The molecule has 2 N–H and O–H groups in total. The fourth-order valence-electron chi connectivity index (χ4n) is 3.60. The van der Waals surface area contributed by atoms with E-state index in [0.29, 0.717) is 52.8 Å². The highest BCUT2D eigenvalue weighted by Gasteiger charge is 2.31. The van der Waals surface area contributed by atoms with E-state index in [1.54, 1.807) is 61.3 Å². The molecule has 11 nitrogen and oxygen atoms in total. The zero-order valence-electron chi connectivity index (χ0n) is 19.3. The molecule has 2 aromatic heterocycles.